The zero-order valence-electron chi connectivity index (χ0n) is 18.0. The molecule has 0 amide bonds. The lowest BCUT2D eigenvalue weighted by molar-refractivity contribution is 0.215. The van der Waals surface area contributed by atoms with Crippen molar-refractivity contribution in [3.63, 3.8) is 0 Å². The third-order valence-electron chi connectivity index (χ3n) is 5.46. The van der Waals surface area contributed by atoms with Gasteiger partial charge in [0.15, 0.2) is 11.5 Å². The van der Waals surface area contributed by atoms with Crippen LogP contribution in [0.5, 0.6) is 23.0 Å². The number of para-hydroxylation sites is 1. The summed E-state index contributed by atoms with van der Waals surface area (Å²) in [6.07, 6.45) is 0. The van der Waals surface area contributed by atoms with Crippen molar-refractivity contribution in [3.05, 3.63) is 70.7 Å². The Morgan fingerprint density at radius 2 is 1.68 bits per heavy atom. The summed E-state index contributed by atoms with van der Waals surface area (Å²) in [5, 5.41) is 0.652. The third kappa shape index (κ3) is 4.58. The average Bonchev–Trinajstić information content (AvgIpc) is 3.00. The van der Waals surface area contributed by atoms with Gasteiger partial charge in [0, 0.05) is 41.3 Å². The molecule has 4 rings (SSSR count). The number of hydrogen-bond donors (Lipinski definition) is 0. The van der Waals surface area contributed by atoms with Crippen LogP contribution in [0.4, 0.5) is 0 Å². The Kier molecular flexibility index (Phi) is 6.54. The molecule has 0 bridgehead atoms. The summed E-state index contributed by atoms with van der Waals surface area (Å²) in [7, 11) is 5.02. The van der Waals surface area contributed by atoms with Crippen molar-refractivity contribution < 1.29 is 18.9 Å². The molecule has 162 valence electrons. The molecule has 0 spiro atoms. The molecular formula is C25H26ClNO4. The maximum atomic E-state index is 6.28. The van der Waals surface area contributed by atoms with Crippen LogP contribution < -0.4 is 18.9 Å². The number of ether oxygens (including phenoxy) is 4. The normalized spacial score (nSPS) is 13.7. The molecule has 3 aromatic carbocycles. The van der Waals surface area contributed by atoms with Gasteiger partial charge in [-0.1, -0.05) is 29.8 Å². The topological polar surface area (TPSA) is 40.2 Å². The minimum Gasteiger partial charge on any atom is -0.496 e. The molecule has 0 atom stereocenters. The van der Waals surface area contributed by atoms with Crippen LogP contribution in [-0.4, -0.2) is 39.4 Å². The second-order valence-electron chi connectivity index (χ2n) is 7.38. The number of rotatable bonds is 6. The largest absolute Gasteiger partial charge is 0.496 e. The number of hydrogen-bond acceptors (Lipinski definition) is 5. The van der Waals surface area contributed by atoms with Crippen molar-refractivity contribution in [2.24, 2.45) is 0 Å². The number of halogens is 1. The smallest absolute Gasteiger partial charge is 0.165 e. The molecule has 6 heteroatoms. The van der Waals surface area contributed by atoms with Crippen molar-refractivity contribution in [3.8, 4) is 34.1 Å². The molecule has 0 aromatic heterocycles. The maximum Gasteiger partial charge on any atom is 0.165 e. The van der Waals surface area contributed by atoms with Crippen LogP contribution in [0.2, 0.25) is 5.02 Å². The van der Waals surface area contributed by atoms with Gasteiger partial charge >= 0.3 is 0 Å². The lowest BCUT2D eigenvalue weighted by Gasteiger charge is -2.21. The van der Waals surface area contributed by atoms with Crippen LogP contribution >= 0.6 is 11.6 Å². The summed E-state index contributed by atoms with van der Waals surface area (Å²) >= 11 is 6.28. The zero-order valence-corrected chi connectivity index (χ0v) is 18.7. The summed E-state index contributed by atoms with van der Waals surface area (Å²) in [5.41, 5.74) is 4.09. The molecule has 1 aliphatic rings. The van der Waals surface area contributed by atoms with Crippen LogP contribution in [0.15, 0.2) is 54.6 Å². The van der Waals surface area contributed by atoms with Crippen molar-refractivity contribution in [2.45, 2.75) is 13.1 Å². The Morgan fingerprint density at radius 3 is 2.45 bits per heavy atom. The summed E-state index contributed by atoms with van der Waals surface area (Å²) in [6, 6.07) is 17.8. The quantitative estimate of drug-likeness (QED) is 0.512. The number of nitrogens with zero attached hydrogens (tertiary/aromatic N) is 1. The van der Waals surface area contributed by atoms with Gasteiger partial charge in [-0.25, -0.2) is 0 Å². The molecule has 5 nitrogen and oxygen atoms in total. The maximum absolute atomic E-state index is 6.28. The molecule has 0 N–H and O–H groups in total. The molecule has 1 heterocycles. The molecule has 1 aliphatic heterocycles. The second-order valence-corrected chi connectivity index (χ2v) is 7.82. The molecule has 0 aliphatic carbocycles. The first-order valence-electron chi connectivity index (χ1n) is 10.1. The van der Waals surface area contributed by atoms with Crippen molar-refractivity contribution in [1.29, 1.82) is 0 Å². The van der Waals surface area contributed by atoms with E-state index in [-0.39, 0.29) is 0 Å². The molecule has 0 saturated carbocycles. The SMILES string of the molecule is COc1ccccc1CN1CCOc2c(cc(-c3cc(Cl)ccc3OC)cc2OC)C1. The van der Waals surface area contributed by atoms with Crippen LogP contribution in [0.1, 0.15) is 11.1 Å². The van der Waals surface area contributed by atoms with Gasteiger partial charge in [-0.05, 0) is 42.0 Å². The van der Waals surface area contributed by atoms with Crippen LogP contribution in [0, 0.1) is 0 Å². The molecule has 0 radical (unpaired) electrons. The van der Waals surface area contributed by atoms with Crippen molar-refractivity contribution in [1.82, 2.24) is 4.90 Å². The highest BCUT2D eigenvalue weighted by Crippen LogP contribution is 2.41. The van der Waals surface area contributed by atoms with Gasteiger partial charge in [-0.15, -0.1) is 0 Å². The Morgan fingerprint density at radius 1 is 0.903 bits per heavy atom. The van der Waals surface area contributed by atoms with E-state index in [1.807, 2.05) is 42.5 Å². The van der Waals surface area contributed by atoms with Gasteiger partial charge < -0.3 is 18.9 Å². The minimum atomic E-state index is 0.582. The van der Waals surface area contributed by atoms with E-state index in [4.69, 9.17) is 30.5 Å². The van der Waals surface area contributed by atoms with Crippen molar-refractivity contribution >= 4 is 11.6 Å². The van der Waals surface area contributed by atoms with Gasteiger partial charge in [0.1, 0.15) is 18.1 Å². The van der Waals surface area contributed by atoms with Crippen LogP contribution in [0.3, 0.4) is 0 Å². The summed E-state index contributed by atoms with van der Waals surface area (Å²) in [6.45, 7) is 2.87. The standard InChI is InChI=1S/C25H26ClNO4/c1-28-22-7-5-4-6-17(22)15-27-10-11-31-25-19(16-27)12-18(13-24(25)30-3)21-14-20(26)8-9-23(21)29-2/h4-9,12-14H,10-11,15-16H2,1-3H3. The fourth-order valence-corrected chi connectivity index (χ4v) is 4.13. The Balaban J connectivity index is 1.71. The Bertz CT molecular complexity index is 1070. The molecule has 0 saturated heterocycles. The fourth-order valence-electron chi connectivity index (χ4n) is 3.96. The summed E-state index contributed by atoms with van der Waals surface area (Å²) in [5.74, 6) is 3.14. The van der Waals surface area contributed by atoms with Crippen LogP contribution in [-0.2, 0) is 13.1 Å². The van der Waals surface area contributed by atoms with E-state index in [0.717, 1.165) is 59.1 Å². The molecule has 0 unspecified atom stereocenters. The average molecular weight is 440 g/mol. The Hall–Kier alpha value is -2.89. The van der Waals surface area contributed by atoms with Gasteiger partial charge in [0.05, 0.1) is 21.3 Å². The number of fused-ring (bicyclic) bond motifs is 1. The third-order valence-corrected chi connectivity index (χ3v) is 5.69. The first kappa shape index (κ1) is 21.3. The molecular weight excluding hydrogens is 414 g/mol. The first-order valence-corrected chi connectivity index (χ1v) is 10.5. The van der Waals surface area contributed by atoms with E-state index in [0.29, 0.717) is 17.4 Å². The number of benzene rings is 3. The number of methoxy groups -OCH3 is 3. The lowest BCUT2D eigenvalue weighted by Crippen LogP contribution is -2.25. The van der Waals surface area contributed by atoms with E-state index in [2.05, 4.69) is 17.0 Å². The van der Waals surface area contributed by atoms with E-state index in [1.165, 1.54) is 0 Å². The van der Waals surface area contributed by atoms with E-state index < -0.39 is 0 Å². The highest BCUT2D eigenvalue weighted by molar-refractivity contribution is 6.31. The fraction of sp³-hybridized carbons (Fsp3) is 0.280. The highest BCUT2D eigenvalue weighted by Gasteiger charge is 2.22. The molecule has 3 aromatic rings. The Labute approximate surface area is 188 Å². The molecule has 31 heavy (non-hydrogen) atoms. The van der Waals surface area contributed by atoms with Crippen molar-refractivity contribution in [2.75, 3.05) is 34.5 Å². The second kappa shape index (κ2) is 9.50. The van der Waals surface area contributed by atoms with Gasteiger partial charge in [-0.2, -0.15) is 0 Å². The highest BCUT2D eigenvalue weighted by atomic mass is 35.5. The van der Waals surface area contributed by atoms with Crippen LogP contribution in [0.25, 0.3) is 11.1 Å². The van der Waals surface area contributed by atoms with Gasteiger partial charge in [0.25, 0.3) is 0 Å². The van der Waals surface area contributed by atoms with E-state index in [9.17, 15) is 0 Å². The predicted molar refractivity (Wildman–Crippen MR) is 123 cm³/mol. The first-order chi connectivity index (χ1) is 15.1. The monoisotopic (exact) mass is 439 g/mol. The van der Waals surface area contributed by atoms with E-state index in [1.54, 1.807) is 21.3 Å². The van der Waals surface area contributed by atoms with Gasteiger partial charge in [-0.3, -0.25) is 4.90 Å². The zero-order chi connectivity index (χ0) is 21.8. The summed E-state index contributed by atoms with van der Waals surface area (Å²) in [4.78, 5) is 2.35. The van der Waals surface area contributed by atoms with Gasteiger partial charge in [0.2, 0.25) is 0 Å². The van der Waals surface area contributed by atoms with E-state index >= 15 is 0 Å². The lowest BCUT2D eigenvalue weighted by atomic mass is 10.00. The summed E-state index contributed by atoms with van der Waals surface area (Å²) < 4.78 is 22.9. The predicted octanol–water partition coefficient (Wildman–Crippen LogP) is 5.43. The molecule has 0 fully saturated rings. The minimum absolute atomic E-state index is 0.582.